The zero-order chi connectivity index (χ0) is 18.3. The van der Waals surface area contributed by atoms with Gasteiger partial charge in [0.2, 0.25) is 0 Å². The topological polar surface area (TPSA) is 17.1 Å². The number of fused-ring (bicyclic) bond motifs is 1. The van der Waals surface area contributed by atoms with Crippen molar-refractivity contribution >= 4 is 11.4 Å². The van der Waals surface area contributed by atoms with Crippen molar-refractivity contribution in [2.24, 2.45) is 0 Å². The van der Waals surface area contributed by atoms with E-state index in [0.717, 1.165) is 12.0 Å². The Kier molecular flexibility index (Phi) is 7.64. The zero-order valence-electron chi connectivity index (χ0n) is 16.2. The summed E-state index contributed by atoms with van der Waals surface area (Å²) >= 11 is 0. The highest BCUT2D eigenvalue weighted by Crippen LogP contribution is 2.32. The largest absolute Gasteiger partial charge is 0.295 e. The first-order chi connectivity index (χ1) is 11.4. The Balaban J connectivity index is 0.000000221. The van der Waals surface area contributed by atoms with Crippen molar-refractivity contribution in [2.45, 2.75) is 54.9 Å². The van der Waals surface area contributed by atoms with Crippen LogP contribution in [0.5, 0.6) is 0 Å². The van der Waals surface area contributed by atoms with Gasteiger partial charge in [-0.25, -0.2) is 0 Å². The van der Waals surface area contributed by atoms with Crippen LogP contribution in [0.3, 0.4) is 0 Å². The molecule has 0 N–H and O–H groups in total. The Labute approximate surface area is 147 Å². The summed E-state index contributed by atoms with van der Waals surface area (Å²) in [5, 5.41) is 0. The maximum absolute atomic E-state index is 10.8. The molecule has 1 aliphatic carbocycles. The molecule has 1 nitrogen and oxygen atoms in total. The molecule has 0 fully saturated rings. The number of hydrogen-bond donors (Lipinski definition) is 0. The van der Waals surface area contributed by atoms with E-state index in [4.69, 9.17) is 0 Å². The van der Waals surface area contributed by atoms with Crippen LogP contribution < -0.4 is 0 Å². The Morgan fingerprint density at radius 3 is 1.92 bits per heavy atom. The minimum absolute atomic E-state index is 0.125. The van der Waals surface area contributed by atoms with E-state index in [9.17, 15) is 4.79 Å². The molecule has 0 bridgehead atoms. The van der Waals surface area contributed by atoms with Crippen LogP contribution in [0.15, 0.2) is 48.0 Å². The number of aryl methyl sites for hydroxylation is 2. The lowest BCUT2D eigenvalue weighted by Crippen LogP contribution is -1.90. The van der Waals surface area contributed by atoms with E-state index in [1.165, 1.54) is 33.4 Å². The van der Waals surface area contributed by atoms with Gasteiger partial charge in [0.15, 0.2) is 5.78 Å². The minimum Gasteiger partial charge on any atom is -0.295 e. The van der Waals surface area contributed by atoms with Crippen LogP contribution in [0.1, 0.15) is 67.2 Å². The Morgan fingerprint density at radius 1 is 0.833 bits per heavy atom. The van der Waals surface area contributed by atoms with Crippen LogP contribution in [0.25, 0.3) is 5.57 Å². The predicted molar refractivity (Wildman–Crippen MR) is 106 cm³/mol. The van der Waals surface area contributed by atoms with Gasteiger partial charge in [-0.3, -0.25) is 4.79 Å². The van der Waals surface area contributed by atoms with Gasteiger partial charge < -0.3 is 0 Å². The van der Waals surface area contributed by atoms with Gasteiger partial charge in [0, 0.05) is 5.56 Å². The number of allylic oxidation sites excluding steroid dienone is 2. The molecule has 1 aliphatic rings. The van der Waals surface area contributed by atoms with Gasteiger partial charge >= 0.3 is 0 Å². The number of rotatable bonds is 1. The summed E-state index contributed by atoms with van der Waals surface area (Å²) in [6.07, 6.45) is 1.15. The number of Topliss-reactive ketones (excluding diaryl/α,β-unsaturated/α-hetero) is 1. The highest BCUT2D eigenvalue weighted by atomic mass is 16.1. The summed E-state index contributed by atoms with van der Waals surface area (Å²) in [4.78, 5) is 10.8. The summed E-state index contributed by atoms with van der Waals surface area (Å²) in [5.74, 6) is 0.125. The summed E-state index contributed by atoms with van der Waals surface area (Å²) in [6.45, 7) is 14.2. The van der Waals surface area contributed by atoms with Crippen molar-refractivity contribution < 1.29 is 4.79 Å². The molecule has 0 atom stereocenters. The molecule has 0 aromatic heterocycles. The Bertz CT molecular complexity index is 718. The fourth-order valence-corrected chi connectivity index (χ4v) is 2.63. The van der Waals surface area contributed by atoms with Crippen LogP contribution in [0.2, 0.25) is 0 Å². The van der Waals surface area contributed by atoms with Crippen molar-refractivity contribution in [3.63, 3.8) is 0 Å². The molecule has 0 aliphatic heterocycles. The SMILES string of the molecule is CC.CC(=O)c1ccc(C)cc1.CC1=C(C)c2cc(C)ccc2C1. The maximum Gasteiger partial charge on any atom is 0.159 e. The Morgan fingerprint density at radius 2 is 1.38 bits per heavy atom. The highest BCUT2D eigenvalue weighted by Gasteiger charge is 2.14. The normalized spacial score (nSPS) is 11.8. The molecular weight excluding hydrogens is 292 g/mol. The summed E-state index contributed by atoms with van der Waals surface area (Å²) in [7, 11) is 0. The molecular formula is C23H30O. The van der Waals surface area contributed by atoms with Crippen molar-refractivity contribution in [2.75, 3.05) is 0 Å². The number of carbonyl (C=O) groups excluding carboxylic acids is 1. The summed E-state index contributed by atoms with van der Waals surface area (Å²) in [5.41, 5.74) is 9.30. The number of carbonyl (C=O) groups is 1. The van der Waals surface area contributed by atoms with Gasteiger partial charge in [-0.1, -0.05) is 73.0 Å². The van der Waals surface area contributed by atoms with Crippen LogP contribution in [0.4, 0.5) is 0 Å². The van der Waals surface area contributed by atoms with Crippen molar-refractivity contribution in [1.82, 2.24) is 0 Å². The van der Waals surface area contributed by atoms with E-state index in [1.54, 1.807) is 6.92 Å². The van der Waals surface area contributed by atoms with E-state index in [2.05, 4.69) is 39.0 Å². The minimum atomic E-state index is 0.125. The average molecular weight is 322 g/mol. The molecule has 0 saturated heterocycles. The maximum atomic E-state index is 10.8. The molecule has 0 amide bonds. The first kappa shape index (κ1) is 19.9. The standard InChI is InChI=1S/C12H14.C9H10O.C2H6/c1-8-4-5-11-7-9(2)10(3)12(11)6-8;1-7-3-5-9(6-4-7)8(2)10;1-2/h4-6H,7H2,1-3H3;3-6H,1-2H3;1-2H3. The molecule has 0 radical (unpaired) electrons. The third-order valence-corrected chi connectivity index (χ3v) is 4.22. The Hall–Kier alpha value is -2.15. The number of hydrogen-bond acceptors (Lipinski definition) is 1. The quantitative estimate of drug-likeness (QED) is 0.543. The summed E-state index contributed by atoms with van der Waals surface area (Å²) in [6, 6.07) is 14.3. The van der Waals surface area contributed by atoms with E-state index in [-0.39, 0.29) is 5.78 Å². The fourth-order valence-electron chi connectivity index (χ4n) is 2.63. The molecule has 1 heteroatoms. The van der Waals surface area contributed by atoms with Gasteiger partial charge in [0.1, 0.15) is 0 Å². The van der Waals surface area contributed by atoms with Crippen LogP contribution >= 0.6 is 0 Å². The number of benzene rings is 2. The molecule has 0 saturated carbocycles. The molecule has 2 aromatic carbocycles. The molecule has 0 spiro atoms. The molecule has 128 valence electrons. The average Bonchev–Trinajstić information content (AvgIpc) is 2.85. The van der Waals surface area contributed by atoms with E-state index in [0.29, 0.717) is 0 Å². The van der Waals surface area contributed by atoms with Crippen LogP contribution in [-0.4, -0.2) is 5.78 Å². The van der Waals surface area contributed by atoms with Gasteiger partial charge in [0.25, 0.3) is 0 Å². The first-order valence-electron chi connectivity index (χ1n) is 8.72. The number of ketones is 1. The van der Waals surface area contributed by atoms with Gasteiger partial charge in [-0.15, -0.1) is 0 Å². The predicted octanol–water partition coefficient (Wildman–Crippen LogP) is 6.57. The van der Waals surface area contributed by atoms with E-state index < -0.39 is 0 Å². The molecule has 0 unspecified atom stereocenters. The van der Waals surface area contributed by atoms with E-state index in [1.807, 2.05) is 45.0 Å². The fraction of sp³-hybridized carbons (Fsp3) is 0.348. The molecule has 2 aromatic rings. The third-order valence-electron chi connectivity index (χ3n) is 4.22. The van der Waals surface area contributed by atoms with Gasteiger partial charge in [0.05, 0.1) is 0 Å². The molecule has 3 rings (SSSR count). The molecule has 0 heterocycles. The zero-order valence-corrected chi connectivity index (χ0v) is 16.2. The monoisotopic (exact) mass is 322 g/mol. The van der Waals surface area contributed by atoms with E-state index >= 15 is 0 Å². The third kappa shape index (κ3) is 5.19. The van der Waals surface area contributed by atoms with Crippen molar-refractivity contribution in [3.05, 3.63) is 75.9 Å². The van der Waals surface area contributed by atoms with Crippen LogP contribution in [-0.2, 0) is 6.42 Å². The van der Waals surface area contributed by atoms with Crippen molar-refractivity contribution in [3.8, 4) is 0 Å². The summed E-state index contributed by atoms with van der Waals surface area (Å²) < 4.78 is 0. The second-order valence-corrected chi connectivity index (χ2v) is 6.16. The lowest BCUT2D eigenvalue weighted by atomic mass is 10.0. The van der Waals surface area contributed by atoms with Crippen molar-refractivity contribution in [1.29, 1.82) is 0 Å². The smallest absolute Gasteiger partial charge is 0.159 e. The van der Waals surface area contributed by atoms with Gasteiger partial charge in [-0.05, 0) is 57.7 Å². The second kappa shape index (κ2) is 9.22. The molecule has 24 heavy (non-hydrogen) atoms. The second-order valence-electron chi connectivity index (χ2n) is 6.16. The van der Waals surface area contributed by atoms with Crippen LogP contribution in [0, 0.1) is 13.8 Å². The highest BCUT2D eigenvalue weighted by molar-refractivity contribution is 5.93. The lowest BCUT2D eigenvalue weighted by molar-refractivity contribution is 0.101. The first-order valence-corrected chi connectivity index (χ1v) is 8.72. The van der Waals surface area contributed by atoms with Gasteiger partial charge in [-0.2, -0.15) is 0 Å². The lowest BCUT2D eigenvalue weighted by Gasteiger charge is -2.01.